The summed E-state index contributed by atoms with van der Waals surface area (Å²) in [6.07, 6.45) is 2.36. The number of ketones is 1. The van der Waals surface area contributed by atoms with Gasteiger partial charge in [0, 0.05) is 25.8 Å². The van der Waals surface area contributed by atoms with Gasteiger partial charge in [-0.15, -0.1) is 11.3 Å². The first kappa shape index (κ1) is 16.3. The van der Waals surface area contributed by atoms with Gasteiger partial charge in [-0.1, -0.05) is 6.92 Å². The predicted octanol–water partition coefficient (Wildman–Crippen LogP) is 1.29. The highest BCUT2D eigenvalue weighted by atomic mass is 32.2. The lowest BCUT2D eigenvalue weighted by Crippen LogP contribution is -2.38. The molecule has 1 atom stereocenters. The standard InChI is InChI=1S/C13H20N2O4S2/c1-3-9(17)11-10(14)12(21(2,18)19)13(20-11)15-6-4-5-8(16)7-15/h8,16H,3-7,14H2,1-2H3. The van der Waals surface area contributed by atoms with Crippen LogP contribution in [0.2, 0.25) is 0 Å². The van der Waals surface area contributed by atoms with E-state index < -0.39 is 15.9 Å². The highest BCUT2D eigenvalue weighted by Crippen LogP contribution is 2.42. The van der Waals surface area contributed by atoms with Crippen LogP contribution in [-0.4, -0.2) is 44.8 Å². The van der Waals surface area contributed by atoms with Crippen LogP contribution in [0.15, 0.2) is 4.90 Å². The highest BCUT2D eigenvalue weighted by Gasteiger charge is 2.31. The van der Waals surface area contributed by atoms with Gasteiger partial charge in [-0.05, 0) is 12.8 Å². The van der Waals surface area contributed by atoms with Crippen molar-refractivity contribution in [2.45, 2.75) is 37.2 Å². The number of hydrogen-bond acceptors (Lipinski definition) is 7. The van der Waals surface area contributed by atoms with Gasteiger partial charge in [0.15, 0.2) is 15.6 Å². The first-order valence-corrected chi connectivity index (χ1v) is 9.55. The molecule has 3 N–H and O–H groups in total. The van der Waals surface area contributed by atoms with E-state index in [1.54, 1.807) is 6.92 Å². The monoisotopic (exact) mass is 332 g/mol. The highest BCUT2D eigenvalue weighted by molar-refractivity contribution is 7.91. The molecule has 2 rings (SSSR count). The molecule has 6 nitrogen and oxygen atoms in total. The summed E-state index contributed by atoms with van der Waals surface area (Å²) >= 11 is 1.12. The number of thiophene rings is 1. The summed E-state index contributed by atoms with van der Waals surface area (Å²) in [6.45, 7) is 2.73. The summed E-state index contributed by atoms with van der Waals surface area (Å²) < 4.78 is 24.1. The average molecular weight is 332 g/mol. The number of piperidine rings is 1. The second-order valence-electron chi connectivity index (χ2n) is 5.27. The van der Waals surface area contributed by atoms with E-state index in [4.69, 9.17) is 5.73 Å². The predicted molar refractivity (Wildman–Crippen MR) is 83.9 cm³/mol. The fourth-order valence-electron chi connectivity index (χ4n) is 2.49. The third kappa shape index (κ3) is 3.22. The SMILES string of the molecule is CCC(=O)c1sc(N2CCCC(O)C2)c(S(C)(=O)=O)c1N. The topological polar surface area (TPSA) is 101 Å². The summed E-state index contributed by atoms with van der Waals surface area (Å²) in [6, 6.07) is 0. The van der Waals surface area contributed by atoms with Gasteiger partial charge in [0.05, 0.1) is 16.7 Å². The van der Waals surface area contributed by atoms with Gasteiger partial charge >= 0.3 is 0 Å². The van der Waals surface area contributed by atoms with Crippen molar-refractivity contribution in [3.05, 3.63) is 4.88 Å². The lowest BCUT2D eigenvalue weighted by atomic mass is 10.1. The van der Waals surface area contributed by atoms with Gasteiger partial charge in [-0.25, -0.2) is 8.42 Å². The summed E-state index contributed by atoms with van der Waals surface area (Å²) in [7, 11) is -3.54. The normalized spacial score (nSPS) is 19.8. The van der Waals surface area contributed by atoms with Crippen LogP contribution in [0.1, 0.15) is 35.9 Å². The Balaban J connectivity index is 2.56. The molecule has 0 bridgehead atoms. The minimum absolute atomic E-state index is 0.0263. The molecule has 8 heteroatoms. The molecule has 0 aliphatic carbocycles. The minimum Gasteiger partial charge on any atom is -0.396 e. The van der Waals surface area contributed by atoms with Crippen LogP contribution in [0.25, 0.3) is 0 Å². The second-order valence-corrected chi connectivity index (χ2v) is 8.22. The maximum atomic E-state index is 12.0. The van der Waals surface area contributed by atoms with Crippen molar-refractivity contribution < 1.29 is 18.3 Å². The number of nitrogens with two attached hydrogens (primary N) is 1. The molecule has 1 unspecified atom stereocenters. The van der Waals surface area contributed by atoms with E-state index in [-0.39, 0.29) is 22.8 Å². The van der Waals surface area contributed by atoms with Gasteiger partial charge in [-0.3, -0.25) is 4.79 Å². The number of nitrogen functional groups attached to an aromatic ring is 1. The van der Waals surface area contributed by atoms with Crippen molar-refractivity contribution in [2.75, 3.05) is 30.0 Å². The molecule has 2 heterocycles. The summed E-state index contributed by atoms with van der Waals surface area (Å²) in [5.41, 5.74) is 5.98. The number of carbonyl (C=O) groups is 1. The zero-order valence-corrected chi connectivity index (χ0v) is 13.8. The quantitative estimate of drug-likeness (QED) is 0.806. The third-order valence-corrected chi connectivity index (χ3v) is 6.10. The maximum absolute atomic E-state index is 12.0. The first-order chi connectivity index (χ1) is 9.75. The van der Waals surface area contributed by atoms with Gasteiger partial charge < -0.3 is 15.7 Å². The molecular weight excluding hydrogens is 312 g/mol. The number of nitrogens with zero attached hydrogens (tertiary/aromatic N) is 1. The molecule has 0 amide bonds. The van der Waals surface area contributed by atoms with Crippen LogP contribution in [0, 0.1) is 0 Å². The number of aliphatic hydroxyl groups is 1. The molecule has 1 aromatic rings. The van der Waals surface area contributed by atoms with E-state index in [9.17, 15) is 18.3 Å². The second kappa shape index (κ2) is 5.94. The zero-order chi connectivity index (χ0) is 15.8. The van der Waals surface area contributed by atoms with E-state index in [1.165, 1.54) is 0 Å². The lowest BCUT2D eigenvalue weighted by molar-refractivity contribution is 0.0992. The number of rotatable bonds is 4. The molecular formula is C13H20N2O4S2. The van der Waals surface area contributed by atoms with Crippen molar-refractivity contribution in [1.82, 2.24) is 0 Å². The summed E-state index contributed by atoms with van der Waals surface area (Å²) in [5.74, 6) is -0.161. The fraction of sp³-hybridized carbons (Fsp3) is 0.615. The van der Waals surface area contributed by atoms with E-state index in [1.807, 2.05) is 4.90 Å². The minimum atomic E-state index is -3.54. The third-order valence-electron chi connectivity index (χ3n) is 3.51. The smallest absolute Gasteiger partial charge is 0.180 e. The Kier molecular flexibility index (Phi) is 4.60. The summed E-state index contributed by atoms with van der Waals surface area (Å²) in [5, 5.41) is 10.3. The van der Waals surface area contributed by atoms with Crippen LogP contribution in [0.5, 0.6) is 0 Å². The van der Waals surface area contributed by atoms with Crippen LogP contribution in [0.3, 0.4) is 0 Å². The number of carbonyl (C=O) groups excluding carboxylic acids is 1. The molecule has 1 saturated heterocycles. The number of hydrogen-bond donors (Lipinski definition) is 2. The zero-order valence-electron chi connectivity index (χ0n) is 12.1. The largest absolute Gasteiger partial charge is 0.396 e. The molecule has 118 valence electrons. The van der Waals surface area contributed by atoms with Crippen LogP contribution < -0.4 is 10.6 Å². The Hall–Kier alpha value is -1.12. The van der Waals surface area contributed by atoms with E-state index in [0.29, 0.717) is 29.4 Å². The molecule has 1 fully saturated rings. The molecule has 0 radical (unpaired) electrons. The van der Waals surface area contributed by atoms with Crippen molar-refractivity contribution in [3.8, 4) is 0 Å². The lowest BCUT2D eigenvalue weighted by Gasteiger charge is -2.31. The molecule has 21 heavy (non-hydrogen) atoms. The van der Waals surface area contributed by atoms with Gasteiger partial charge in [0.2, 0.25) is 0 Å². The fourth-order valence-corrected chi connectivity index (χ4v) is 5.24. The summed E-state index contributed by atoms with van der Waals surface area (Å²) in [4.78, 5) is 14.1. The molecule has 0 aromatic carbocycles. The van der Waals surface area contributed by atoms with E-state index in [2.05, 4.69) is 0 Å². The van der Waals surface area contributed by atoms with Gasteiger partial charge in [-0.2, -0.15) is 0 Å². The van der Waals surface area contributed by atoms with Crippen molar-refractivity contribution >= 4 is 37.6 Å². The Labute approximate surface area is 128 Å². The van der Waals surface area contributed by atoms with E-state index in [0.717, 1.165) is 24.0 Å². The Morgan fingerprint density at radius 3 is 2.71 bits per heavy atom. The number of β-amino-alcohol motifs (C(OH)–C–C–N with tert-alkyl or cyclic N) is 1. The molecule has 1 aliphatic heterocycles. The van der Waals surface area contributed by atoms with Crippen LogP contribution in [-0.2, 0) is 9.84 Å². The Morgan fingerprint density at radius 1 is 1.52 bits per heavy atom. The number of anilines is 2. The Morgan fingerprint density at radius 2 is 2.19 bits per heavy atom. The number of Topliss-reactive ketones (excluding diaryl/α,β-unsaturated/α-hetero) is 1. The average Bonchev–Trinajstić information content (AvgIpc) is 2.75. The molecule has 1 aliphatic rings. The van der Waals surface area contributed by atoms with E-state index >= 15 is 0 Å². The number of sulfone groups is 1. The maximum Gasteiger partial charge on any atom is 0.180 e. The van der Waals surface area contributed by atoms with Gasteiger partial charge in [0.25, 0.3) is 0 Å². The van der Waals surface area contributed by atoms with Gasteiger partial charge in [0.1, 0.15) is 9.90 Å². The van der Waals surface area contributed by atoms with Crippen molar-refractivity contribution in [2.24, 2.45) is 0 Å². The molecule has 1 aromatic heterocycles. The molecule has 0 saturated carbocycles. The van der Waals surface area contributed by atoms with Crippen molar-refractivity contribution in [3.63, 3.8) is 0 Å². The number of aliphatic hydroxyl groups excluding tert-OH is 1. The first-order valence-electron chi connectivity index (χ1n) is 6.84. The van der Waals surface area contributed by atoms with Crippen molar-refractivity contribution in [1.29, 1.82) is 0 Å². The van der Waals surface area contributed by atoms with Crippen LogP contribution in [0.4, 0.5) is 10.7 Å². The molecule has 0 spiro atoms. The van der Waals surface area contributed by atoms with Crippen LogP contribution >= 0.6 is 11.3 Å². The Bertz CT molecular complexity index is 651.